The number of rotatable bonds is 6. The molecule has 174 valence electrons. The molecule has 7 nitrogen and oxygen atoms in total. The molecule has 1 atom stereocenters. The van der Waals surface area contributed by atoms with Gasteiger partial charge in [0.15, 0.2) is 0 Å². The minimum Gasteiger partial charge on any atom is -0.354 e. The number of carbonyl (C=O) groups is 1. The van der Waals surface area contributed by atoms with Crippen molar-refractivity contribution in [1.29, 1.82) is 5.26 Å². The van der Waals surface area contributed by atoms with E-state index in [0.29, 0.717) is 43.5 Å². The highest BCUT2D eigenvalue weighted by Gasteiger charge is 2.38. The molecule has 34 heavy (non-hydrogen) atoms. The molecule has 3 aromatic rings. The molecule has 0 saturated carbocycles. The minimum atomic E-state index is -4.73. The fourth-order valence-corrected chi connectivity index (χ4v) is 3.89. The van der Waals surface area contributed by atoms with Crippen LogP contribution in [0.4, 0.5) is 19.0 Å². The summed E-state index contributed by atoms with van der Waals surface area (Å²) in [5, 5.41) is 11.7. The molecule has 0 radical (unpaired) electrons. The van der Waals surface area contributed by atoms with Crippen LogP contribution in [0, 0.1) is 11.3 Å². The van der Waals surface area contributed by atoms with E-state index in [1.165, 1.54) is 18.5 Å². The van der Waals surface area contributed by atoms with Crippen molar-refractivity contribution in [3.63, 3.8) is 0 Å². The van der Waals surface area contributed by atoms with Crippen LogP contribution in [0.25, 0.3) is 11.3 Å². The molecule has 1 N–H and O–H groups in total. The van der Waals surface area contributed by atoms with Gasteiger partial charge in [-0.1, -0.05) is 12.1 Å². The molecule has 0 spiro atoms. The summed E-state index contributed by atoms with van der Waals surface area (Å²) in [6, 6.07) is 13.1. The molecule has 2 aromatic heterocycles. The lowest BCUT2D eigenvalue weighted by Gasteiger charge is -2.26. The quantitative estimate of drug-likeness (QED) is 0.595. The minimum absolute atomic E-state index is 0.0684. The van der Waals surface area contributed by atoms with E-state index < -0.39 is 18.0 Å². The Bertz CT molecular complexity index is 1190. The van der Waals surface area contributed by atoms with Crippen molar-refractivity contribution in [1.82, 2.24) is 20.3 Å². The predicted molar refractivity (Wildman–Crippen MR) is 119 cm³/mol. The second-order valence-electron chi connectivity index (χ2n) is 7.87. The maximum Gasteiger partial charge on any atom is 0.451 e. The Kier molecular flexibility index (Phi) is 6.72. The van der Waals surface area contributed by atoms with Crippen molar-refractivity contribution in [3.05, 3.63) is 71.8 Å². The lowest BCUT2D eigenvalue weighted by molar-refractivity contribution is -0.144. The second kappa shape index (κ2) is 9.87. The van der Waals surface area contributed by atoms with Crippen molar-refractivity contribution in [2.75, 3.05) is 18.0 Å². The van der Waals surface area contributed by atoms with E-state index >= 15 is 0 Å². The monoisotopic (exact) mass is 466 g/mol. The number of nitriles is 1. The van der Waals surface area contributed by atoms with E-state index in [2.05, 4.69) is 26.3 Å². The lowest BCUT2D eigenvalue weighted by Crippen LogP contribution is -2.44. The standard InChI is InChI=1S/C24H21F3N6O/c25-24(26,27)23-31-19(18-8-10-29-11-9-18)14-21(32-23)33-13-1-2-20(33)22(34)30-12-7-16-3-5-17(15-28)6-4-16/h3-6,8-11,14,20H,1-2,7,12-13H2,(H,30,34)/t20-/m0/s1. The van der Waals surface area contributed by atoms with Gasteiger partial charge in [-0.3, -0.25) is 9.78 Å². The smallest absolute Gasteiger partial charge is 0.354 e. The molecule has 4 rings (SSSR count). The third kappa shape index (κ3) is 5.31. The molecule has 0 bridgehead atoms. The van der Waals surface area contributed by atoms with E-state index in [9.17, 15) is 18.0 Å². The highest BCUT2D eigenvalue weighted by Crippen LogP contribution is 2.33. The van der Waals surface area contributed by atoms with E-state index in [0.717, 1.165) is 5.56 Å². The van der Waals surface area contributed by atoms with Gasteiger partial charge in [0.05, 0.1) is 17.3 Å². The van der Waals surface area contributed by atoms with E-state index in [1.807, 2.05) is 12.1 Å². The predicted octanol–water partition coefficient (Wildman–Crippen LogP) is 3.76. The largest absolute Gasteiger partial charge is 0.451 e. The number of amides is 1. The van der Waals surface area contributed by atoms with Crippen LogP contribution in [0.15, 0.2) is 54.9 Å². The molecular weight excluding hydrogens is 445 g/mol. The van der Waals surface area contributed by atoms with Gasteiger partial charge in [-0.15, -0.1) is 0 Å². The molecule has 1 aliphatic heterocycles. The number of nitrogens with zero attached hydrogens (tertiary/aromatic N) is 5. The zero-order chi connectivity index (χ0) is 24.1. The number of nitrogens with one attached hydrogen (secondary N) is 1. The third-order valence-electron chi connectivity index (χ3n) is 5.59. The fraction of sp³-hybridized carbons (Fsp3) is 0.292. The first-order valence-electron chi connectivity index (χ1n) is 10.8. The summed E-state index contributed by atoms with van der Waals surface area (Å²) < 4.78 is 40.6. The zero-order valence-electron chi connectivity index (χ0n) is 18.1. The number of aromatic nitrogens is 3. The first-order chi connectivity index (χ1) is 16.3. The Morgan fingerprint density at radius 3 is 2.56 bits per heavy atom. The van der Waals surface area contributed by atoms with Crippen molar-refractivity contribution < 1.29 is 18.0 Å². The van der Waals surface area contributed by atoms with Gasteiger partial charge in [-0.2, -0.15) is 18.4 Å². The maximum absolute atomic E-state index is 13.5. The molecule has 1 aliphatic rings. The molecule has 1 amide bonds. The molecule has 0 aliphatic carbocycles. The number of anilines is 1. The normalized spacial score (nSPS) is 15.7. The molecule has 1 fully saturated rings. The van der Waals surface area contributed by atoms with Crippen molar-refractivity contribution >= 4 is 11.7 Å². The first-order valence-corrected chi connectivity index (χ1v) is 10.8. The number of hydrogen-bond donors (Lipinski definition) is 1. The van der Waals surface area contributed by atoms with Crippen LogP contribution in [-0.2, 0) is 17.4 Å². The first kappa shape index (κ1) is 23.2. The maximum atomic E-state index is 13.5. The Labute approximate surface area is 194 Å². The number of pyridine rings is 1. The number of carbonyl (C=O) groups excluding carboxylic acids is 1. The van der Waals surface area contributed by atoms with Gasteiger partial charge in [-0.25, -0.2) is 9.97 Å². The Morgan fingerprint density at radius 2 is 1.88 bits per heavy atom. The number of hydrogen-bond acceptors (Lipinski definition) is 6. The van der Waals surface area contributed by atoms with Crippen LogP contribution in [0.3, 0.4) is 0 Å². The van der Waals surface area contributed by atoms with Crippen LogP contribution in [0.2, 0.25) is 0 Å². The summed E-state index contributed by atoms with van der Waals surface area (Å²) in [5.41, 5.74) is 2.12. The van der Waals surface area contributed by atoms with E-state index in [-0.39, 0.29) is 17.4 Å². The van der Waals surface area contributed by atoms with Gasteiger partial charge in [0.25, 0.3) is 0 Å². The molecule has 3 heterocycles. The van der Waals surface area contributed by atoms with Crippen molar-refractivity contribution in [2.24, 2.45) is 0 Å². The summed E-state index contributed by atoms with van der Waals surface area (Å²) in [6.07, 6.45) is -0.0323. The van der Waals surface area contributed by atoms with Gasteiger partial charge in [0.2, 0.25) is 11.7 Å². The number of benzene rings is 1. The third-order valence-corrected chi connectivity index (χ3v) is 5.59. The summed E-state index contributed by atoms with van der Waals surface area (Å²) in [7, 11) is 0. The Balaban J connectivity index is 1.51. The van der Waals surface area contributed by atoms with Gasteiger partial charge >= 0.3 is 6.18 Å². The van der Waals surface area contributed by atoms with E-state index in [1.54, 1.807) is 29.2 Å². The Morgan fingerprint density at radius 1 is 1.15 bits per heavy atom. The van der Waals surface area contributed by atoms with Crippen LogP contribution >= 0.6 is 0 Å². The van der Waals surface area contributed by atoms with Crippen molar-refractivity contribution in [2.45, 2.75) is 31.5 Å². The van der Waals surface area contributed by atoms with Crippen LogP contribution in [0.5, 0.6) is 0 Å². The van der Waals surface area contributed by atoms with Gasteiger partial charge < -0.3 is 10.2 Å². The topological polar surface area (TPSA) is 94.8 Å². The van der Waals surface area contributed by atoms with Gasteiger partial charge in [0.1, 0.15) is 11.9 Å². The number of alkyl halides is 3. The molecule has 10 heteroatoms. The summed E-state index contributed by atoms with van der Waals surface area (Å²) in [6.45, 7) is 0.784. The average Bonchev–Trinajstić information content (AvgIpc) is 3.34. The highest BCUT2D eigenvalue weighted by molar-refractivity contribution is 5.85. The van der Waals surface area contributed by atoms with Gasteiger partial charge in [0, 0.05) is 37.1 Å². The van der Waals surface area contributed by atoms with Crippen LogP contribution in [-0.4, -0.2) is 40.0 Å². The van der Waals surface area contributed by atoms with Crippen LogP contribution in [0.1, 0.15) is 29.8 Å². The summed E-state index contributed by atoms with van der Waals surface area (Å²) in [4.78, 5) is 25.8. The zero-order valence-corrected chi connectivity index (χ0v) is 18.1. The number of halogens is 3. The van der Waals surface area contributed by atoms with Crippen LogP contribution < -0.4 is 10.2 Å². The molecule has 0 unspecified atom stereocenters. The lowest BCUT2D eigenvalue weighted by atomic mass is 10.1. The molecular formula is C24H21F3N6O. The highest BCUT2D eigenvalue weighted by atomic mass is 19.4. The van der Waals surface area contributed by atoms with Gasteiger partial charge in [-0.05, 0) is 49.1 Å². The summed E-state index contributed by atoms with van der Waals surface area (Å²) in [5.74, 6) is -1.44. The molecule has 1 saturated heterocycles. The summed E-state index contributed by atoms with van der Waals surface area (Å²) >= 11 is 0. The van der Waals surface area contributed by atoms with E-state index in [4.69, 9.17) is 5.26 Å². The fourth-order valence-electron chi connectivity index (χ4n) is 3.89. The average molecular weight is 466 g/mol. The molecule has 1 aromatic carbocycles. The van der Waals surface area contributed by atoms with Crippen molar-refractivity contribution in [3.8, 4) is 17.3 Å². The second-order valence-corrected chi connectivity index (χ2v) is 7.87. The Hall–Kier alpha value is -4.00. The SMILES string of the molecule is N#Cc1ccc(CCNC(=O)[C@@H]2CCCN2c2cc(-c3ccncc3)nc(C(F)(F)F)n2)cc1.